The van der Waals surface area contributed by atoms with Gasteiger partial charge < -0.3 is 14.2 Å². The molecule has 0 fully saturated rings. The second-order valence-corrected chi connectivity index (χ2v) is 9.75. The number of carbonyl (C=O) groups excluding carboxylic acids is 1. The maximum atomic E-state index is 12.4. The average molecular weight is 419 g/mol. The summed E-state index contributed by atoms with van der Waals surface area (Å²) in [6.45, 7) is 13.5. The van der Waals surface area contributed by atoms with Gasteiger partial charge in [0.15, 0.2) is 6.29 Å². The molecular formula is C24H34O4S. The maximum absolute atomic E-state index is 12.4. The molecule has 0 aliphatic carbocycles. The van der Waals surface area contributed by atoms with Crippen LogP contribution < -0.4 is 4.74 Å². The number of thiophene rings is 1. The van der Waals surface area contributed by atoms with Crippen molar-refractivity contribution in [2.24, 2.45) is 11.3 Å². The van der Waals surface area contributed by atoms with Gasteiger partial charge in [0.2, 0.25) is 0 Å². The molecule has 0 spiro atoms. The van der Waals surface area contributed by atoms with Gasteiger partial charge in [-0.1, -0.05) is 46.8 Å². The van der Waals surface area contributed by atoms with Crippen molar-refractivity contribution in [1.29, 1.82) is 0 Å². The molecule has 2 rings (SSSR count). The van der Waals surface area contributed by atoms with Gasteiger partial charge in [0.05, 0.1) is 13.7 Å². The highest BCUT2D eigenvalue weighted by Crippen LogP contribution is 2.41. The largest absolute Gasteiger partial charge is 0.465 e. The average Bonchev–Trinajstić information content (AvgIpc) is 3.14. The number of hydrogen-bond donors (Lipinski definition) is 0. The Morgan fingerprint density at radius 2 is 1.86 bits per heavy atom. The number of benzene rings is 1. The van der Waals surface area contributed by atoms with Crippen LogP contribution in [0, 0.1) is 11.3 Å². The van der Waals surface area contributed by atoms with E-state index in [4.69, 9.17) is 14.2 Å². The van der Waals surface area contributed by atoms with Gasteiger partial charge in [0, 0.05) is 11.3 Å². The Labute approximate surface area is 179 Å². The lowest BCUT2D eigenvalue weighted by molar-refractivity contribution is -0.0656. The molecule has 0 aliphatic heterocycles. The van der Waals surface area contributed by atoms with Gasteiger partial charge >= 0.3 is 5.97 Å². The van der Waals surface area contributed by atoms with Crippen LogP contribution in [0.1, 0.15) is 68.3 Å². The summed E-state index contributed by atoms with van der Waals surface area (Å²) < 4.78 is 16.8. The molecule has 5 heteroatoms. The fraction of sp³-hybridized carbons (Fsp3) is 0.542. The van der Waals surface area contributed by atoms with E-state index in [0.29, 0.717) is 29.8 Å². The Bertz CT molecular complexity index is 775. The van der Waals surface area contributed by atoms with Crippen LogP contribution in [-0.2, 0) is 15.9 Å². The van der Waals surface area contributed by atoms with Gasteiger partial charge in [-0.3, -0.25) is 0 Å². The summed E-state index contributed by atoms with van der Waals surface area (Å²) in [6, 6.07) is 9.95. The Morgan fingerprint density at radius 3 is 2.41 bits per heavy atom. The number of esters is 1. The minimum atomic E-state index is -0.465. The highest BCUT2D eigenvalue weighted by molar-refractivity contribution is 7.09. The van der Waals surface area contributed by atoms with Crippen molar-refractivity contribution in [2.75, 3.05) is 13.7 Å². The van der Waals surface area contributed by atoms with Gasteiger partial charge in [0.1, 0.15) is 11.3 Å². The Kier molecular flexibility index (Phi) is 8.29. The molecule has 4 nitrogen and oxygen atoms in total. The zero-order valence-electron chi connectivity index (χ0n) is 18.7. The van der Waals surface area contributed by atoms with Crippen LogP contribution in [0.5, 0.6) is 5.75 Å². The third-order valence-corrected chi connectivity index (χ3v) is 5.88. The van der Waals surface area contributed by atoms with E-state index < -0.39 is 12.3 Å². The predicted molar refractivity (Wildman–Crippen MR) is 119 cm³/mol. The summed E-state index contributed by atoms with van der Waals surface area (Å²) in [5, 5.41) is 2.06. The monoisotopic (exact) mass is 418 g/mol. The van der Waals surface area contributed by atoms with E-state index in [2.05, 4.69) is 52.1 Å². The fourth-order valence-electron chi connectivity index (χ4n) is 3.99. The molecule has 2 unspecified atom stereocenters. The van der Waals surface area contributed by atoms with Gasteiger partial charge in [0.25, 0.3) is 0 Å². The van der Waals surface area contributed by atoms with Crippen LogP contribution in [0.2, 0.25) is 0 Å². The van der Waals surface area contributed by atoms with Crippen molar-refractivity contribution in [2.45, 2.75) is 60.2 Å². The summed E-state index contributed by atoms with van der Waals surface area (Å²) in [4.78, 5) is 13.7. The van der Waals surface area contributed by atoms with Crippen molar-refractivity contribution in [3.05, 3.63) is 51.7 Å². The summed E-state index contributed by atoms with van der Waals surface area (Å²) in [5.41, 5.74) is 1.63. The molecule has 0 aliphatic rings. The lowest BCUT2D eigenvalue weighted by atomic mass is 9.70. The first-order valence-corrected chi connectivity index (χ1v) is 11.0. The molecule has 1 aromatic carbocycles. The second-order valence-electron chi connectivity index (χ2n) is 8.72. The molecule has 29 heavy (non-hydrogen) atoms. The lowest BCUT2D eigenvalue weighted by Crippen LogP contribution is -2.24. The molecule has 2 aromatic rings. The molecule has 160 valence electrons. The Balaban J connectivity index is 2.17. The normalized spacial score (nSPS) is 13.9. The van der Waals surface area contributed by atoms with E-state index in [0.717, 1.165) is 12.0 Å². The first-order valence-electron chi connectivity index (χ1n) is 10.2. The maximum Gasteiger partial charge on any atom is 0.341 e. The number of ether oxygens (including phenoxy) is 3. The van der Waals surface area contributed by atoms with Crippen LogP contribution >= 0.6 is 11.3 Å². The molecule has 0 bridgehead atoms. The van der Waals surface area contributed by atoms with E-state index in [1.54, 1.807) is 11.3 Å². The minimum Gasteiger partial charge on any atom is -0.465 e. The predicted octanol–water partition coefficient (Wildman–Crippen LogP) is 6.30. The van der Waals surface area contributed by atoms with Crippen LogP contribution in [0.4, 0.5) is 0 Å². The summed E-state index contributed by atoms with van der Waals surface area (Å²) in [7, 11) is 1.39. The van der Waals surface area contributed by atoms with Crippen molar-refractivity contribution in [3.63, 3.8) is 0 Å². The fourth-order valence-corrected chi connectivity index (χ4v) is 4.68. The molecule has 0 radical (unpaired) electrons. The van der Waals surface area contributed by atoms with Crippen LogP contribution in [0.3, 0.4) is 0 Å². The molecule has 1 aromatic heterocycles. The number of carbonyl (C=O) groups is 1. The topological polar surface area (TPSA) is 44.8 Å². The first-order chi connectivity index (χ1) is 13.6. The molecule has 0 saturated heterocycles. The molecule has 2 atom stereocenters. The molecule has 1 heterocycles. The Morgan fingerprint density at radius 1 is 1.14 bits per heavy atom. The third kappa shape index (κ3) is 6.58. The van der Waals surface area contributed by atoms with E-state index >= 15 is 0 Å². The molecule has 0 saturated carbocycles. The SMILES string of the molecule is COC(=O)c1cc(C(C(C)C)C(C)(C)C)ccc1OC(C)OCCc1cccs1. The minimum absolute atomic E-state index is 0.0716. The standard InChI is InChI=1S/C24H34O4S/c1-16(2)22(24(4,5)6)18-10-11-21(20(15-18)23(25)26-7)28-17(3)27-13-12-19-9-8-14-29-19/h8-11,14-17,22H,12-13H2,1-7H3. The molecular weight excluding hydrogens is 384 g/mol. The molecule has 0 N–H and O–H groups in total. The van der Waals surface area contributed by atoms with Crippen LogP contribution in [0.25, 0.3) is 0 Å². The van der Waals surface area contributed by atoms with Gasteiger partial charge in [-0.25, -0.2) is 4.79 Å². The van der Waals surface area contributed by atoms with Crippen molar-refractivity contribution in [3.8, 4) is 5.75 Å². The zero-order valence-corrected chi connectivity index (χ0v) is 19.5. The van der Waals surface area contributed by atoms with E-state index in [1.165, 1.54) is 12.0 Å². The number of hydrogen-bond acceptors (Lipinski definition) is 5. The van der Waals surface area contributed by atoms with Gasteiger partial charge in [-0.2, -0.15) is 0 Å². The molecule has 0 amide bonds. The van der Waals surface area contributed by atoms with Crippen molar-refractivity contribution in [1.82, 2.24) is 0 Å². The second kappa shape index (κ2) is 10.3. The van der Waals surface area contributed by atoms with Gasteiger partial charge in [-0.15, -0.1) is 11.3 Å². The number of rotatable bonds is 9. The Hall–Kier alpha value is -1.85. The van der Waals surface area contributed by atoms with Gasteiger partial charge in [-0.05, 0) is 53.3 Å². The third-order valence-electron chi connectivity index (χ3n) is 4.94. The van der Waals surface area contributed by atoms with E-state index in [1.807, 2.05) is 25.1 Å². The van der Waals surface area contributed by atoms with Crippen LogP contribution in [0.15, 0.2) is 35.7 Å². The highest BCUT2D eigenvalue weighted by atomic mass is 32.1. The highest BCUT2D eigenvalue weighted by Gasteiger charge is 2.30. The van der Waals surface area contributed by atoms with E-state index in [9.17, 15) is 4.79 Å². The quantitative estimate of drug-likeness (QED) is 0.354. The summed E-state index contributed by atoms with van der Waals surface area (Å²) in [6.07, 6.45) is 0.378. The smallest absolute Gasteiger partial charge is 0.341 e. The summed E-state index contributed by atoms with van der Waals surface area (Å²) in [5.74, 6) is 0.830. The van der Waals surface area contributed by atoms with Crippen molar-refractivity contribution >= 4 is 17.3 Å². The zero-order chi connectivity index (χ0) is 21.6. The van der Waals surface area contributed by atoms with Crippen LogP contribution in [-0.4, -0.2) is 26.0 Å². The first kappa shape index (κ1) is 23.4. The van der Waals surface area contributed by atoms with E-state index in [-0.39, 0.29) is 5.41 Å². The summed E-state index contributed by atoms with van der Waals surface area (Å²) >= 11 is 1.71. The van der Waals surface area contributed by atoms with Crippen molar-refractivity contribution < 1.29 is 19.0 Å². The lowest BCUT2D eigenvalue weighted by Gasteiger charge is -2.35. The number of methoxy groups -OCH3 is 1.